The van der Waals surface area contributed by atoms with Gasteiger partial charge in [-0.1, -0.05) is 0 Å². The summed E-state index contributed by atoms with van der Waals surface area (Å²) in [4.78, 5) is 15.7. The zero-order valence-corrected chi connectivity index (χ0v) is 11.7. The molecule has 0 aromatic rings. The number of hydrogen-bond acceptors (Lipinski definition) is 4. The standard InChI is InChI=1S/C12H26N2O3/c1-11(2)13(3)12(15)10-14(6-8-16-4)7-9-17-5/h11H,6-10H2,1-5H3. The molecular weight excluding hydrogens is 220 g/mol. The van der Waals surface area contributed by atoms with Crippen molar-refractivity contribution in [2.24, 2.45) is 0 Å². The van der Waals surface area contributed by atoms with Crippen LogP contribution in [0.15, 0.2) is 0 Å². The van der Waals surface area contributed by atoms with Gasteiger partial charge in [-0.2, -0.15) is 0 Å². The van der Waals surface area contributed by atoms with E-state index in [1.165, 1.54) is 0 Å². The van der Waals surface area contributed by atoms with Gasteiger partial charge in [-0.3, -0.25) is 9.69 Å². The lowest BCUT2D eigenvalue weighted by atomic mass is 10.3. The third-order valence-electron chi connectivity index (χ3n) is 2.75. The molecule has 1 amide bonds. The maximum atomic E-state index is 11.9. The van der Waals surface area contributed by atoms with Crippen LogP contribution in [0.1, 0.15) is 13.8 Å². The lowest BCUT2D eigenvalue weighted by Gasteiger charge is -2.26. The fourth-order valence-electron chi connectivity index (χ4n) is 1.30. The first-order valence-electron chi connectivity index (χ1n) is 5.98. The van der Waals surface area contributed by atoms with E-state index in [0.717, 1.165) is 13.1 Å². The second-order valence-electron chi connectivity index (χ2n) is 4.36. The second-order valence-corrected chi connectivity index (χ2v) is 4.36. The highest BCUT2D eigenvalue weighted by Gasteiger charge is 2.15. The number of carbonyl (C=O) groups is 1. The van der Waals surface area contributed by atoms with E-state index in [4.69, 9.17) is 9.47 Å². The van der Waals surface area contributed by atoms with Gasteiger partial charge in [0.05, 0.1) is 19.8 Å². The van der Waals surface area contributed by atoms with Crippen LogP contribution >= 0.6 is 0 Å². The summed E-state index contributed by atoms with van der Waals surface area (Å²) in [5.41, 5.74) is 0. The van der Waals surface area contributed by atoms with E-state index in [9.17, 15) is 4.79 Å². The monoisotopic (exact) mass is 246 g/mol. The van der Waals surface area contributed by atoms with Crippen LogP contribution in [0.5, 0.6) is 0 Å². The minimum Gasteiger partial charge on any atom is -0.383 e. The van der Waals surface area contributed by atoms with Crippen LogP contribution in [0.25, 0.3) is 0 Å². The number of nitrogens with zero attached hydrogens (tertiary/aromatic N) is 2. The third kappa shape index (κ3) is 7.31. The summed E-state index contributed by atoms with van der Waals surface area (Å²) in [6.45, 7) is 7.18. The maximum Gasteiger partial charge on any atom is 0.236 e. The summed E-state index contributed by atoms with van der Waals surface area (Å²) in [5, 5.41) is 0. The van der Waals surface area contributed by atoms with Crippen LogP contribution in [0.2, 0.25) is 0 Å². The fraction of sp³-hybridized carbons (Fsp3) is 0.917. The van der Waals surface area contributed by atoms with E-state index in [0.29, 0.717) is 19.8 Å². The number of rotatable bonds is 9. The molecule has 0 aliphatic rings. The Hall–Kier alpha value is -0.650. The molecule has 5 nitrogen and oxygen atoms in total. The predicted octanol–water partition coefficient (Wildman–Crippen LogP) is 0.448. The van der Waals surface area contributed by atoms with Gasteiger partial charge in [0.2, 0.25) is 5.91 Å². The van der Waals surface area contributed by atoms with Gasteiger partial charge >= 0.3 is 0 Å². The summed E-state index contributed by atoms with van der Waals surface area (Å²) in [6.07, 6.45) is 0. The molecule has 0 aromatic heterocycles. The minimum absolute atomic E-state index is 0.132. The van der Waals surface area contributed by atoms with Crippen molar-refractivity contribution in [1.82, 2.24) is 9.80 Å². The Kier molecular flexibility index (Phi) is 9.03. The first-order chi connectivity index (χ1) is 8.02. The number of likely N-dealkylation sites (N-methyl/N-ethyl adjacent to an activating group) is 1. The third-order valence-corrected chi connectivity index (χ3v) is 2.75. The molecule has 0 aliphatic carbocycles. The summed E-state index contributed by atoms with van der Waals surface area (Å²) >= 11 is 0. The predicted molar refractivity (Wildman–Crippen MR) is 68.1 cm³/mol. The average molecular weight is 246 g/mol. The first kappa shape index (κ1) is 16.4. The topological polar surface area (TPSA) is 42.0 Å². The number of methoxy groups -OCH3 is 2. The van der Waals surface area contributed by atoms with Crippen molar-refractivity contribution in [2.75, 3.05) is 54.1 Å². The van der Waals surface area contributed by atoms with Gasteiger partial charge in [-0.25, -0.2) is 0 Å². The Morgan fingerprint density at radius 3 is 1.94 bits per heavy atom. The zero-order chi connectivity index (χ0) is 13.3. The summed E-state index contributed by atoms with van der Waals surface area (Å²) in [6, 6.07) is 0.231. The SMILES string of the molecule is COCCN(CCOC)CC(=O)N(C)C(C)C. The number of carbonyl (C=O) groups excluding carboxylic acids is 1. The summed E-state index contributed by atoms with van der Waals surface area (Å²) < 4.78 is 10.1. The maximum absolute atomic E-state index is 11.9. The van der Waals surface area contributed by atoms with Crippen LogP contribution in [-0.2, 0) is 14.3 Å². The Morgan fingerprint density at radius 2 is 1.59 bits per heavy atom. The molecule has 0 spiro atoms. The number of ether oxygens (including phenoxy) is 2. The van der Waals surface area contributed by atoms with Crippen molar-refractivity contribution >= 4 is 5.91 Å². The molecule has 5 heteroatoms. The molecule has 0 heterocycles. The molecular formula is C12H26N2O3. The Morgan fingerprint density at radius 1 is 1.12 bits per heavy atom. The number of amides is 1. The highest BCUT2D eigenvalue weighted by atomic mass is 16.5. The molecule has 0 fully saturated rings. The van der Waals surface area contributed by atoms with Gasteiger partial charge in [0.1, 0.15) is 0 Å². The lowest BCUT2D eigenvalue weighted by Crippen LogP contribution is -2.43. The van der Waals surface area contributed by atoms with Crippen molar-refractivity contribution in [3.63, 3.8) is 0 Å². The normalized spacial score (nSPS) is 11.2. The van der Waals surface area contributed by atoms with Crippen molar-refractivity contribution in [1.29, 1.82) is 0 Å². The number of hydrogen-bond donors (Lipinski definition) is 0. The Labute approximate surface area is 105 Å². The molecule has 0 aromatic carbocycles. The molecule has 0 atom stereocenters. The van der Waals surface area contributed by atoms with E-state index < -0.39 is 0 Å². The molecule has 17 heavy (non-hydrogen) atoms. The van der Waals surface area contributed by atoms with Gasteiger partial charge in [0, 0.05) is 40.4 Å². The summed E-state index contributed by atoms with van der Waals surface area (Å²) in [5.74, 6) is 0.132. The van der Waals surface area contributed by atoms with Crippen molar-refractivity contribution in [3.8, 4) is 0 Å². The van der Waals surface area contributed by atoms with Crippen molar-refractivity contribution in [2.45, 2.75) is 19.9 Å². The van der Waals surface area contributed by atoms with E-state index in [-0.39, 0.29) is 11.9 Å². The first-order valence-corrected chi connectivity index (χ1v) is 5.98. The molecule has 0 N–H and O–H groups in total. The van der Waals surface area contributed by atoms with E-state index in [2.05, 4.69) is 0 Å². The van der Waals surface area contributed by atoms with Gasteiger partial charge in [-0.05, 0) is 13.8 Å². The highest BCUT2D eigenvalue weighted by Crippen LogP contribution is 1.98. The molecule has 0 saturated carbocycles. The molecule has 0 bridgehead atoms. The van der Waals surface area contributed by atoms with Crippen LogP contribution in [0, 0.1) is 0 Å². The van der Waals surface area contributed by atoms with Gasteiger partial charge in [0.25, 0.3) is 0 Å². The fourth-order valence-corrected chi connectivity index (χ4v) is 1.30. The Balaban J connectivity index is 4.15. The minimum atomic E-state index is 0.132. The average Bonchev–Trinajstić information content (AvgIpc) is 2.31. The highest BCUT2D eigenvalue weighted by molar-refractivity contribution is 5.78. The van der Waals surface area contributed by atoms with Gasteiger partial charge in [0.15, 0.2) is 0 Å². The van der Waals surface area contributed by atoms with Crippen LogP contribution < -0.4 is 0 Å². The van der Waals surface area contributed by atoms with Crippen LogP contribution in [-0.4, -0.2) is 75.9 Å². The molecule has 0 radical (unpaired) electrons. The van der Waals surface area contributed by atoms with Crippen LogP contribution in [0.4, 0.5) is 0 Å². The Bertz CT molecular complexity index is 202. The molecule has 0 unspecified atom stereocenters. The van der Waals surface area contributed by atoms with Crippen molar-refractivity contribution in [3.05, 3.63) is 0 Å². The quantitative estimate of drug-likeness (QED) is 0.592. The van der Waals surface area contributed by atoms with Crippen molar-refractivity contribution < 1.29 is 14.3 Å². The van der Waals surface area contributed by atoms with E-state index >= 15 is 0 Å². The van der Waals surface area contributed by atoms with Gasteiger partial charge < -0.3 is 14.4 Å². The summed E-state index contributed by atoms with van der Waals surface area (Å²) in [7, 11) is 5.16. The van der Waals surface area contributed by atoms with E-state index in [1.54, 1.807) is 19.1 Å². The van der Waals surface area contributed by atoms with Crippen LogP contribution in [0.3, 0.4) is 0 Å². The lowest BCUT2D eigenvalue weighted by molar-refractivity contribution is -0.132. The smallest absolute Gasteiger partial charge is 0.236 e. The second kappa shape index (κ2) is 9.39. The zero-order valence-electron chi connectivity index (χ0n) is 11.7. The molecule has 0 saturated heterocycles. The molecule has 102 valence electrons. The molecule has 0 rings (SSSR count). The van der Waals surface area contributed by atoms with E-state index in [1.807, 2.05) is 25.8 Å². The molecule has 0 aliphatic heterocycles. The largest absolute Gasteiger partial charge is 0.383 e. The van der Waals surface area contributed by atoms with Gasteiger partial charge in [-0.15, -0.1) is 0 Å².